The lowest BCUT2D eigenvalue weighted by Crippen LogP contribution is -2.01. The van der Waals surface area contributed by atoms with Crippen LogP contribution in [0.25, 0.3) is 0 Å². The summed E-state index contributed by atoms with van der Waals surface area (Å²) in [5.74, 6) is -0.676. The fourth-order valence-corrected chi connectivity index (χ4v) is 1.29. The van der Waals surface area contributed by atoms with E-state index in [9.17, 15) is 4.79 Å². The third kappa shape index (κ3) is 7.90. The first-order valence-electron chi connectivity index (χ1n) is 2.94. The number of hydrogen-bond donors (Lipinski definition) is 1. The van der Waals surface area contributed by atoms with E-state index in [0.29, 0.717) is 6.42 Å². The van der Waals surface area contributed by atoms with E-state index in [4.69, 9.17) is 5.11 Å². The van der Waals surface area contributed by atoms with Crippen LogP contribution in [0.5, 0.6) is 0 Å². The summed E-state index contributed by atoms with van der Waals surface area (Å²) in [6, 6.07) is 0. The molecule has 0 aromatic heterocycles. The number of rotatable bonds is 3. The molecule has 0 fully saturated rings. The van der Waals surface area contributed by atoms with Gasteiger partial charge in [-0.25, -0.2) is 0 Å². The van der Waals surface area contributed by atoms with Crippen LogP contribution in [0.4, 0.5) is 0 Å². The first-order chi connectivity index (χ1) is 3.92. The van der Waals surface area contributed by atoms with Gasteiger partial charge in [0, 0.05) is 27.3 Å². The summed E-state index contributed by atoms with van der Waals surface area (Å²) in [6.07, 6.45) is 1.19. The molecule has 54 valence electrons. The van der Waals surface area contributed by atoms with Gasteiger partial charge in [0.25, 0.3) is 0 Å². The molecule has 0 aliphatic rings. The molecule has 0 spiro atoms. The molecule has 0 saturated carbocycles. The Morgan fingerprint density at radius 3 is 2.00 bits per heavy atom. The zero-order valence-electron chi connectivity index (χ0n) is 6.22. The van der Waals surface area contributed by atoms with Gasteiger partial charge in [-0.2, -0.15) is 0 Å². The maximum atomic E-state index is 10.1. The minimum absolute atomic E-state index is 0.331. The second-order valence-corrected chi connectivity index (χ2v) is 8.19. The molecule has 0 aromatic rings. The quantitative estimate of drug-likeness (QED) is 0.615. The molecule has 1 N–H and O–H groups in total. The number of aliphatic carboxylic acids is 1. The molecule has 0 atom stereocenters. The molecule has 0 aromatic carbocycles. The third-order valence-electron chi connectivity index (χ3n) is 0.996. The fraction of sp³-hybridized carbons (Fsp3) is 0.833. The molecule has 0 unspecified atom stereocenters. The van der Waals surface area contributed by atoms with Gasteiger partial charge < -0.3 is 5.11 Å². The fourth-order valence-electron chi connectivity index (χ4n) is 0.431. The summed E-state index contributed by atoms with van der Waals surface area (Å²) in [5, 5.41) is 8.29. The summed E-state index contributed by atoms with van der Waals surface area (Å²) < 4.78 is 0. The van der Waals surface area contributed by atoms with Crippen LogP contribution in [-0.4, -0.2) is 37.2 Å². The average molecular weight is 149 g/mol. The average Bonchev–Trinajstić information content (AvgIpc) is 1.59. The molecule has 3 heteroatoms. The highest BCUT2D eigenvalue weighted by Crippen LogP contribution is 2.46. The molecular weight excluding hydrogens is 135 g/mol. The molecule has 0 aliphatic carbocycles. The maximum absolute atomic E-state index is 10.1. The molecule has 9 heavy (non-hydrogen) atoms. The normalized spacial score (nSPS) is 11.4. The van der Waals surface area contributed by atoms with Crippen molar-refractivity contribution < 1.29 is 9.90 Å². The van der Waals surface area contributed by atoms with Crippen LogP contribution in [0.3, 0.4) is 0 Å². The topological polar surface area (TPSA) is 37.3 Å². The van der Waals surface area contributed by atoms with Crippen LogP contribution in [0.15, 0.2) is 0 Å². The Labute approximate surface area is 56.6 Å². The van der Waals surface area contributed by atoms with Crippen molar-refractivity contribution in [2.24, 2.45) is 0 Å². The van der Waals surface area contributed by atoms with E-state index in [-0.39, 0.29) is 0 Å². The molecule has 0 heterocycles. The highest BCUT2D eigenvalue weighted by atomic mass is 31.2. The van der Waals surface area contributed by atoms with Crippen molar-refractivity contribution in [3.63, 3.8) is 0 Å². The summed E-state index contributed by atoms with van der Waals surface area (Å²) in [6.45, 7) is 6.45. The van der Waals surface area contributed by atoms with Gasteiger partial charge in [0.05, 0.1) is 12.6 Å². The minimum atomic E-state index is -0.850. The van der Waals surface area contributed by atoms with Crippen molar-refractivity contribution in [2.75, 3.05) is 26.2 Å². The van der Waals surface area contributed by atoms with Crippen molar-refractivity contribution in [2.45, 2.75) is 6.42 Å². The van der Waals surface area contributed by atoms with Gasteiger partial charge in [0.2, 0.25) is 0 Å². The number of hydrogen-bond acceptors (Lipinski definition) is 1. The van der Waals surface area contributed by atoms with Crippen LogP contribution < -0.4 is 0 Å². The van der Waals surface area contributed by atoms with Gasteiger partial charge in [-0.05, 0) is 0 Å². The smallest absolute Gasteiger partial charge is 0.307 e. The standard InChI is InChI=1S/C6H13O2P/c1-9(2,3)5-4-6(7)8/h4-5H2,1-3H3/p+1. The number of carboxylic acids is 1. The zero-order chi connectivity index (χ0) is 7.49. The molecule has 2 nitrogen and oxygen atoms in total. The van der Waals surface area contributed by atoms with Crippen LogP contribution in [0.1, 0.15) is 6.42 Å². The number of carboxylic acid groups (broad SMARTS) is 1. The molecule has 0 amide bonds. The highest BCUT2D eigenvalue weighted by Gasteiger charge is 2.17. The Morgan fingerprint density at radius 2 is 1.89 bits per heavy atom. The van der Waals surface area contributed by atoms with Crippen molar-refractivity contribution in [1.82, 2.24) is 0 Å². The van der Waals surface area contributed by atoms with E-state index in [0.717, 1.165) is 6.16 Å². The molecule has 0 bridgehead atoms. The SMILES string of the molecule is C[P+](C)(C)CCC(=O)O. The van der Waals surface area contributed by atoms with Crippen LogP contribution in [-0.2, 0) is 4.79 Å². The van der Waals surface area contributed by atoms with Gasteiger partial charge in [0.1, 0.15) is 0 Å². The van der Waals surface area contributed by atoms with Crippen LogP contribution in [0.2, 0.25) is 0 Å². The van der Waals surface area contributed by atoms with E-state index in [1.54, 1.807) is 0 Å². The Balaban J connectivity index is 3.39. The largest absolute Gasteiger partial charge is 0.481 e. The van der Waals surface area contributed by atoms with Crippen LogP contribution >= 0.6 is 7.26 Å². The Morgan fingerprint density at radius 1 is 1.44 bits per heavy atom. The van der Waals surface area contributed by atoms with Gasteiger partial charge in [-0.1, -0.05) is 0 Å². The van der Waals surface area contributed by atoms with Gasteiger partial charge >= 0.3 is 5.97 Å². The Hall–Kier alpha value is -0.100. The second-order valence-electron chi connectivity index (χ2n) is 3.16. The van der Waals surface area contributed by atoms with Crippen molar-refractivity contribution in [3.8, 4) is 0 Å². The van der Waals surface area contributed by atoms with Crippen LogP contribution in [0, 0.1) is 0 Å². The summed E-state index contributed by atoms with van der Waals surface area (Å²) in [7, 11) is -0.850. The molecule has 0 saturated heterocycles. The lowest BCUT2D eigenvalue weighted by Gasteiger charge is -2.08. The summed E-state index contributed by atoms with van der Waals surface area (Å²) in [4.78, 5) is 10.1. The van der Waals surface area contributed by atoms with E-state index >= 15 is 0 Å². The predicted molar refractivity (Wildman–Crippen MR) is 41.8 cm³/mol. The highest BCUT2D eigenvalue weighted by molar-refractivity contribution is 7.73. The van der Waals surface area contributed by atoms with Crippen molar-refractivity contribution >= 4 is 13.2 Å². The lowest BCUT2D eigenvalue weighted by molar-refractivity contribution is -0.136. The van der Waals surface area contributed by atoms with Gasteiger partial charge in [0.15, 0.2) is 0 Å². The van der Waals surface area contributed by atoms with E-state index in [2.05, 4.69) is 20.0 Å². The maximum Gasteiger partial charge on any atom is 0.307 e. The third-order valence-corrected chi connectivity index (χ3v) is 2.56. The second kappa shape index (κ2) is 3.17. The minimum Gasteiger partial charge on any atom is -0.481 e. The molecular formula is C6H14O2P+. The van der Waals surface area contributed by atoms with E-state index < -0.39 is 13.2 Å². The van der Waals surface area contributed by atoms with E-state index in [1.165, 1.54) is 0 Å². The zero-order valence-corrected chi connectivity index (χ0v) is 7.11. The van der Waals surface area contributed by atoms with Crippen molar-refractivity contribution in [3.05, 3.63) is 0 Å². The van der Waals surface area contributed by atoms with Crippen molar-refractivity contribution in [1.29, 1.82) is 0 Å². The lowest BCUT2D eigenvalue weighted by atomic mass is 10.5. The summed E-state index contributed by atoms with van der Waals surface area (Å²) >= 11 is 0. The number of carbonyl (C=O) groups is 1. The Bertz CT molecular complexity index is 104. The first kappa shape index (κ1) is 8.90. The van der Waals surface area contributed by atoms with E-state index in [1.807, 2.05) is 0 Å². The molecule has 0 radical (unpaired) electrons. The first-order valence-corrected chi connectivity index (χ1v) is 6.25. The Kier molecular flexibility index (Phi) is 3.13. The van der Waals surface area contributed by atoms with Gasteiger partial charge in [-0.15, -0.1) is 0 Å². The van der Waals surface area contributed by atoms with Gasteiger partial charge in [-0.3, -0.25) is 4.79 Å². The summed E-state index contributed by atoms with van der Waals surface area (Å²) in [5.41, 5.74) is 0. The molecule has 0 aliphatic heterocycles. The monoisotopic (exact) mass is 149 g/mol. The predicted octanol–water partition coefficient (Wildman–Crippen LogP) is 1.37. The molecule has 0 rings (SSSR count).